The third kappa shape index (κ3) is 7.65. The van der Waals surface area contributed by atoms with Crippen molar-refractivity contribution < 1.29 is 23.3 Å². The molecule has 0 bridgehead atoms. The van der Waals surface area contributed by atoms with E-state index in [0.29, 0.717) is 24.4 Å². The van der Waals surface area contributed by atoms with Crippen LogP contribution in [0.5, 0.6) is 23.0 Å². The molecule has 0 saturated carbocycles. The van der Waals surface area contributed by atoms with Gasteiger partial charge in [0.05, 0.1) is 6.61 Å². The second-order valence-corrected chi connectivity index (χ2v) is 9.78. The summed E-state index contributed by atoms with van der Waals surface area (Å²) in [5, 5.41) is 0. The van der Waals surface area contributed by atoms with E-state index in [1.54, 1.807) is 18.2 Å². The monoisotopic (exact) mass is 520 g/mol. The third-order valence-electron chi connectivity index (χ3n) is 6.79. The molecular formula is C31H37FN2O4. The molecule has 2 unspecified atom stereocenters. The molecular weight excluding hydrogens is 483 g/mol. The molecule has 3 aromatic carbocycles. The zero-order chi connectivity index (χ0) is 26.9. The Morgan fingerprint density at radius 3 is 2.55 bits per heavy atom. The summed E-state index contributed by atoms with van der Waals surface area (Å²) in [5.41, 5.74) is 1.23. The molecule has 2 heterocycles. The number of fused-ring (bicyclic) bond motifs is 1. The predicted octanol–water partition coefficient (Wildman–Crippen LogP) is 6.50. The van der Waals surface area contributed by atoms with Gasteiger partial charge in [-0.25, -0.2) is 4.39 Å². The second kappa shape index (κ2) is 13.2. The SMILES string of the molecule is C=C(Oc1cccc(C(C)N(C)C)c1)N1CCCC(COc2ccc3c(c2)OCO3)C1.Fc1ccccc1. The fourth-order valence-electron chi connectivity index (χ4n) is 4.36. The number of benzene rings is 3. The van der Waals surface area contributed by atoms with Crippen LogP contribution in [0, 0.1) is 11.7 Å². The first-order chi connectivity index (χ1) is 18.4. The van der Waals surface area contributed by atoms with E-state index < -0.39 is 0 Å². The van der Waals surface area contributed by atoms with E-state index in [2.05, 4.69) is 49.5 Å². The van der Waals surface area contributed by atoms with Gasteiger partial charge in [0.1, 0.15) is 17.3 Å². The van der Waals surface area contributed by atoms with Gasteiger partial charge in [-0.1, -0.05) is 30.3 Å². The molecule has 0 aromatic heterocycles. The number of hydrogen-bond acceptors (Lipinski definition) is 6. The van der Waals surface area contributed by atoms with Gasteiger partial charge < -0.3 is 28.7 Å². The Labute approximate surface area is 225 Å². The summed E-state index contributed by atoms with van der Waals surface area (Å²) in [6, 6.07) is 22.2. The average molecular weight is 521 g/mol. The lowest BCUT2D eigenvalue weighted by atomic mass is 9.99. The normalized spacial score (nSPS) is 16.9. The molecule has 0 spiro atoms. The second-order valence-electron chi connectivity index (χ2n) is 9.78. The number of nitrogens with zero attached hydrogens (tertiary/aromatic N) is 2. The molecule has 0 N–H and O–H groups in total. The fourth-order valence-corrected chi connectivity index (χ4v) is 4.36. The number of halogens is 1. The fraction of sp³-hybridized carbons (Fsp3) is 0.355. The Kier molecular flexibility index (Phi) is 9.49. The standard InChI is InChI=1S/C25H32N2O4.C6H5F/c1-18(26(3)4)21-8-5-9-23(13-21)31-19(2)27-12-6-7-20(15-27)16-28-22-10-11-24-25(14-22)30-17-29-24;7-6-4-2-1-3-5-6/h5,8-11,13-14,18,20H,2,6-7,12,15-17H2,1,3-4H3;1-5H. The van der Waals surface area contributed by atoms with Crippen LogP contribution in [0.25, 0.3) is 0 Å². The highest BCUT2D eigenvalue weighted by atomic mass is 19.1. The Balaban J connectivity index is 0.000000417. The van der Waals surface area contributed by atoms with E-state index in [0.717, 1.165) is 48.9 Å². The van der Waals surface area contributed by atoms with Crippen LogP contribution in [0.3, 0.4) is 0 Å². The zero-order valence-corrected chi connectivity index (χ0v) is 22.4. The highest BCUT2D eigenvalue weighted by Gasteiger charge is 2.23. The summed E-state index contributed by atoms with van der Waals surface area (Å²) in [6.45, 7) is 9.13. The van der Waals surface area contributed by atoms with Crippen LogP contribution >= 0.6 is 0 Å². The van der Waals surface area contributed by atoms with Gasteiger partial charge in [-0.2, -0.15) is 0 Å². The molecule has 1 fully saturated rings. The van der Waals surface area contributed by atoms with Crippen molar-refractivity contribution in [2.45, 2.75) is 25.8 Å². The van der Waals surface area contributed by atoms with Crippen LogP contribution < -0.4 is 18.9 Å². The topological polar surface area (TPSA) is 43.4 Å². The molecule has 0 aliphatic carbocycles. The highest BCUT2D eigenvalue weighted by molar-refractivity contribution is 5.46. The minimum atomic E-state index is -0.178. The Bertz CT molecular complexity index is 1190. The van der Waals surface area contributed by atoms with E-state index >= 15 is 0 Å². The number of likely N-dealkylation sites (tertiary alicyclic amines) is 1. The van der Waals surface area contributed by atoms with Crippen molar-refractivity contribution in [1.82, 2.24) is 9.80 Å². The van der Waals surface area contributed by atoms with Gasteiger partial charge in [0, 0.05) is 31.1 Å². The van der Waals surface area contributed by atoms with Crippen molar-refractivity contribution in [3.63, 3.8) is 0 Å². The van der Waals surface area contributed by atoms with Crippen LogP contribution in [0.2, 0.25) is 0 Å². The predicted molar refractivity (Wildman–Crippen MR) is 147 cm³/mol. The molecule has 2 aliphatic rings. The molecule has 38 heavy (non-hydrogen) atoms. The van der Waals surface area contributed by atoms with Crippen molar-refractivity contribution in [2.75, 3.05) is 40.6 Å². The molecule has 2 atom stereocenters. The number of ether oxygens (including phenoxy) is 4. The summed E-state index contributed by atoms with van der Waals surface area (Å²) in [4.78, 5) is 4.41. The quantitative estimate of drug-likeness (QED) is 0.316. The lowest BCUT2D eigenvalue weighted by Crippen LogP contribution is -2.38. The van der Waals surface area contributed by atoms with Gasteiger partial charge in [-0.05, 0) is 82.4 Å². The lowest BCUT2D eigenvalue weighted by Gasteiger charge is -2.34. The van der Waals surface area contributed by atoms with Gasteiger partial charge >= 0.3 is 0 Å². The van der Waals surface area contributed by atoms with E-state index in [9.17, 15) is 4.39 Å². The Morgan fingerprint density at radius 2 is 1.82 bits per heavy atom. The van der Waals surface area contributed by atoms with Crippen LogP contribution in [-0.4, -0.2) is 50.4 Å². The molecule has 2 aliphatic heterocycles. The lowest BCUT2D eigenvalue weighted by molar-refractivity contribution is 0.119. The summed E-state index contributed by atoms with van der Waals surface area (Å²) >= 11 is 0. The molecule has 1 saturated heterocycles. The molecule has 7 heteroatoms. The van der Waals surface area contributed by atoms with Crippen LogP contribution in [0.4, 0.5) is 4.39 Å². The minimum absolute atomic E-state index is 0.178. The molecule has 3 aromatic rings. The maximum atomic E-state index is 11.9. The highest BCUT2D eigenvalue weighted by Crippen LogP contribution is 2.35. The summed E-state index contributed by atoms with van der Waals surface area (Å²) in [5.74, 6) is 4.09. The summed E-state index contributed by atoms with van der Waals surface area (Å²) in [7, 11) is 4.16. The number of rotatable bonds is 8. The van der Waals surface area contributed by atoms with E-state index in [4.69, 9.17) is 18.9 Å². The maximum Gasteiger partial charge on any atom is 0.231 e. The number of hydrogen-bond donors (Lipinski definition) is 0. The van der Waals surface area contributed by atoms with Crippen LogP contribution in [-0.2, 0) is 0 Å². The molecule has 202 valence electrons. The smallest absolute Gasteiger partial charge is 0.231 e. The third-order valence-corrected chi connectivity index (χ3v) is 6.79. The van der Waals surface area contributed by atoms with Crippen LogP contribution in [0.1, 0.15) is 31.4 Å². The van der Waals surface area contributed by atoms with Crippen molar-refractivity contribution in [3.8, 4) is 23.0 Å². The average Bonchev–Trinajstić information content (AvgIpc) is 3.40. The van der Waals surface area contributed by atoms with Gasteiger partial charge in [-0.3, -0.25) is 0 Å². The molecule has 6 nitrogen and oxygen atoms in total. The molecule has 5 rings (SSSR count). The van der Waals surface area contributed by atoms with E-state index in [1.807, 2.05) is 30.3 Å². The van der Waals surface area contributed by atoms with Gasteiger partial charge in [0.25, 0.3) is 0 Å². The van der Waals surface area contributed by atoms with Crippen molar-refractivity contribution in [3.05, 3.63) is 96.6 Å². The Morgan fingerprint density at radius 1 is 1.03 bits per heavy atom. The summed E-state index contributed by atoms with van der Waals surface area (Å²) < 4.78 is 34.9. The maximum absolute atomic E-state index is 11.9. The molecule has 0 radical (unpaired) electrons. The van der Waals surface area contributed by atoms with Crippen molar-refractivity contribution in [2.24, 2.45) is 5.92 Å². The van der Waals surface area contributed by atoms with Gasteiger partial charge in [0.2, 0.25) is 6.79 Å². The molecule has 0 amide bonds. The van der Waals surface area contributed by atoms with Crippen molar-refractivity contribution >= 4 is 0 Å². The number of piperidine rings is 1. The zero-order valence-electron chi connectivity index (χ0n) is 22.4. The minimum Gasteiger partial charge on any atom is -0.493 e. The van der Waals surface area contributed by atoms with Gasteiger partial charge in [0.15, 0.2) is 17.4 Å². The first-order valence-electron chi connectivity index (χ1n) is 13.0. The summed E-state index contributed by atoms with van der Waals surface area (Å²) in [6.07, 6.45) is 2.22. The first kappa shape index (κ1) is 27.3. The van der Waals surface area contributed by atoms with Crippen LogP contribution in [0.15, 0.2) is 85.3 Å². The van der Waals surface area contributed by atoms with Crippen molar-refractivity contribution in [1.29, 1.82) is 0 Å². The van der Waals surface area contributed by atoms with Gasteiger partial charge in [-0.15, -0.1) is 0 Å². The Hall–Kier alpha value is -3.71. The first-order valence-corrected chi connectivity index (χ1v) is 13.0. The van der Waals surface area contributed by atoms with E-state index in [1.165, 1.54) is 17.7 Å². The largest absolute Gasteiger partial charge is 0.493 e. The van der Waals surface area contributed by atoms with E-state index in [-0.39, 0.29) is 12.6 Å².